The number of carbonyl (C=O) groups is 3. The van der Waals surface area contributed by atoms with Crippen molar-refractivity contribution in [2.75, 3.05) is 32.8 Å². The number of rotatable bonds is 7. The fraction of sp³-hybridized carbons (Fsp3) is 0.625. The molecule has 0 spiro atoms. The van der Waals surface area contributed by atoms with Gasteiger partial charge in [-0.3, -0.25) is 9.59 Å². The van der Waals surface area contributed by atoms with E-state index in [9.17, 15) is 22.8 Å². The average Bonchev–Trinajstić information content (AvgIpc) is 2.84. The van der Waals surface area contributed by atoms with E-state index in [2.05, 4.69) is 0 Å². The number of esters is 2. The van der Waals surface area contributed by atoms with E-state index in [1.54, 1.807) is 24.8 Å². The lowest BCUT2D eigenvalue weighted by atomic mass is 9.96. The molecule has 0 aromatic heterocycles. The molecule has 1 amide bonds. The Morgan fingerprint density at radius 2 is 1.71 bits per heavy atom. The van der Waals surface area contributed by atoms with Crippen molar-refractivity contribution in [3.05, 3.63) is 29.3 Å². The standard InChI is InChI=1S/C24H34N2O7S/c1-4-32-23(28)19-10-14-25(15-11-19)22(27)18(3)33-24(29)21-16-20(9-8-17(21)2)34(30,31)26-12-6-5-7-13-26/h8-9,16,18-19H,4-7,10-15H2,1-3H3. The molecule has 2 saturated heterocycles. The second kappa shape index (κ2) is 11.3. The van der Waals surface area contributed by atoms with Crippen molar-refractivity contribution in [3.63, 3.8) is 0 Å². The predicted octanol–water partition coefficient (Wildman–Crippen LogP) is 2.52. The molecule has 3 rings (SSSR count). The molecule has 2 fully saturated rings. The Morgan fingerprint density at radius 3 is 2.32 bits per heavy atom. The Labute approximate surface area is 201 Å². The van der Waals surface area contributed by atoms with Gasteiger partial charge in [0.2, 0.25) is 10.0 Å². The number of carbonyl (C=O) groups excluding carboxylic acids is 3. The van der Waals surface area contributed by atoms with Crippen molar-refractivity contribution in [1.82, 2.24) is 9.21 Å². The molecule has 2 heterocycles. The van der Waals surface area contributed by atoms with Gasteiger partial charge in [0.15, 0.2) is 6.10 Å². The third-order valence-corrected chi connectivity index (χ3v) is 8.33. The largest absolute Gasteiger partial charge is 0.466 e. The molecule has 0 radical (unpaired) electrons. The van der Waals surface area contributed by atoms with Crippen LogP contribution in [-0.2, 0) is 29.1 Å². The fourth-order valence-corrected chi connectivity index (χ4v) is 5.91. The first-order valence-electron chi connectivity index (χ1n) is 11.9. The van der Waals surface area contributed by atoms with Crippen LogP contribution in [0.3, 0.4) is 0 Å². The van der Waals surface area contributed by atoms with E-state index in [4.69, 9.17) is 9.47 Å². The van der Waals surface area contributed by atoms with E-state index in [0.29, 0.717) is 51.2 Å². The molecule has 0 saturated carbocycles. The molecule has 2 aliphatic rings. The Hall–Kier alpha value is -2.46. The second-order valence-corrected chi connectivity index (χ2v) is 10.8. The highest BCUT2D eigenvalue weighted by atomic mass is 32.2. The van der Waals surface area contributed by atoms with Crippen LogP contribution in [0.25, 0.3) is 0 Å². The van der Waals surface area contributed by atoms with Gasteiger partial charge in [-0.1, -0.05) is 12.5 Å². The van der Waals surface area contributed by atoms with Crippen LogP contribution >= 0.6 is 0 Å². The van der Waals surface area contributed by atoms with Gasteiger partial charge < -0.3 is 14.4 Å². The van der Waals surface area contributed by atoms with E-state index in [-0.39, 0.29) is 28.3 Å². The zero-order chi connectivity index (χ0) is 24.9. The molecule has 0 aliphatic carbocycles. The number of hydrogen-bond donors (Lipinski definition) is 0. The molecule has 34 heavy (non-hydrogen) atoms. The highest BCUT2D eigenvalue weighted by molar-refractivity contribution is 7.89. The van der Waals surface area contributed by atoms with Crippen molar-refractivity contribution in [2.24, 2.45) is 5.92 Å². The highest BCUT2D eigenvalue weighted by Gasteiger charge is 2.32. The van der Waals surface area contributed by atoms with Crippen molar-refractivity contribution >= 4 is 27.9 Å². The molecule has 10 heteroatoms. The van der Waals surface area contributed by atoms with Crippen LogP contribution in [0.4, 0.5) is 0 Å². The summed E-state index contributed by atoms with van der Waals surface area (Å²) in [7, 11) is -3.70. The third kappa shape index (κ3) is 5.96. The Kier molecular flexibility index (Phi) is 8.70. The second-order valence-electron chi connectivity index (χ2n) is 8.84. The summed E-state index contributed by atoms with van der Waals surface area (Å²) < 4.78 is 37.9. The Balaban J connectivity index is 1.64. The normalized spacial score (nSPS) is 18.9. The average molecular weight is 495 g/mol. The SMILES string of the molecule is CCOC(=O)C1CCN(C(=O)C(C)OC(=O)c2cc(S(=O)(=O)N3CCCCC3)ccc2C)CC1. The monoisotopic (exact) mass is 494 g/mol. The lowest BCUT2D eigenvalue weighted by Gasteiger charge is -2.32. The quantitative estimate of drug-likeness (QED) is 0.536. The van der Waals surface area contributed by atoms with Crippen LogP contribution < -0.4 is 0 Å². The van der Waals surface area contributed by atoms with Crippen molar-refractivity contribution in [2.45, 2.75) is 63.9 Å². The maximum absolute atomic E-state index is 13.0. The van der Waals surface area contributed by atoms with Crippen molar-refractivity contribution in [3.8, 4) is 0 Å². The van der Waals surface area contributed by atoms with E-state index in [1.165, 1.54) is 23.4 Å². The minimum Gasteiger partial charge on any atom is -0.466 e. The molecule has 1 aromatic carbocycles. The highest BCUT2D eigenvalue weighted by Crippen LogP contribution is 2.24. The number of nitrogens with zero attached hydrogens (tertiary/aromatic N) is 2. The van der Waals surface area contributed by atoms with Gasteiger partial charge in [-0.15, -0.1) is 0 Å². The van der Waals surface area contributed by atoms with Gasteiger partial charge in [0.1, 0.15) is 0 Å². The fourth-order valence-electron chi connectivity index (χ4n) is 4.36. The molecule has 2 aliphatic heterocycles. The molecular formula is C24H34N2O7S. The number of aryl methyl sites for hydroxylation is 1. The number of likely N-dealkylation sites (tertiary alicyclic amines) is 1. The van der Waals surface area contributed by atoms with Crippen LogP contribution in [0.5, 0.6) is 0 Å². The number of ether oxygens (including phenoxy) is 2. The summed E-state index contributed by atoms with van der Waals surface area (Å²) in [6.45, 7) is 6.97. The summed E-state index contributed by atoms with van der Waals surface area (Å²) in [5.41, 5.74) is 0.691. The van der Waals surface area contributed by atoms with E-state index >= 15 is 0 Å². The lowest BCUT2D eigenvalue weighted by molar-refractivity contribution is -0.152. The first-order valence-corrected chi connectivity index (χ1v) is 13.4. The number of hydrogen-bond acceptors (Lipinski definition) is 7. The molecule has 188 valence electrons. The lowest BCUT2D eigenvalue weighted by Crippen LogP contribution is -2.45. The van der Waals surface area contributed by atoms with Gasteiger partial charge >= 0.3 is 11.9 Å². The van der Waals surface area contributed by atoms with Gasteiger partial charge in [-0.05, 0) is 64.2 Å². The summed E-state index contributed by atoms with van der Waals surface area (Å²) in [6.07, 6.45) is 2.60. The Morgan fingerprint density at radius 1 is 1.06 bits per heavy atom. The van der Waals surface area contributed by atoms with E-state index < -0.39 is 22.1 Å². The maximum atomic E-state index is 13.0. The molecule has 0 N–H and O–H groups in total. The molecule has 1 unspecified atom stereocenters. The summed E-state index contributed by atoms with van der Waals surface area (Å²) in [6, 6.07) is 4.42. The first-order chi connectivity index (χ1) is 16.1. The van der Waals surface area contributed by atoms with Crippen LogP contribution in [-0.4, -0.2) is 74.4 Å². The summed E-state index contributed by atoms with van der Waals surface area (Å²) >= 11 is 0. The number of piperidine rings is 2. The molecular weight excluding hydrogens is 460 g/mol. The molecule has 1 atom stereocenters. The first kappa shape index (κ1) is 26.2. The van der Waals surface area contributed by atoms with E-state index in [1.807, 2.05) is 0 Å². The van der Waals surface area contributed by atoms with Crippen LogP contribution in [0.1, 0.15) is 61.9 Å². The minimum atomic E-state index is -3.70. The van der Waals surface area contributed by atoms with Crippen LogP contribution in [0, 0.1) is 12.8 Å². The molecule has 9 nitrogen and oxygen atoms in total. The summed E-state index contributed by atoms with van der Waals surface area (Å²) in [4.78, 5) is 39.2. The minimum absolute atomic E-state index is 0.0481. The summed E-state index contributed by atoms with van der Waals surface area (Å²) in [5, 5.41) is 0. The maximum Gasteiger partial charge on any atom is 0.339 e. The predicted molar refractivity (Wildman–Crippen MR) is 125 cm³/mol. The molecule has 1 aromatic rings. The van der Waals surface area contributed by atoms with Gasteiger partial charge in [-0.25, -0.2) is 13.2 Å². The van der Waals surface area contributed by atoms with Crippen LogP contribution in [0.2, 0.25) is 0 Å². The molecule has 0 bridgehead atoms. The Bertz CT molecular complexity index is 1010. The number of amides is 1. The van der Waals surface area contributed by atoms with Gasteiger partial charge in [0, 0.05) is 26.2 Å². The number of benzene rings is 1. The summed E-state index contributed by atoms with van der Waals surface area (Å²) in [5.74, 6) is -1.56. The van der Waals surface area contributed by atoms with Gasteiger partial charge in [0.05, 0.1) is 23.0 Å². The number of sulfonamides is 1. The van der Waals surface area contributed by atoms with Gasteiger partial charge in [0.25, 0.3) is 5.91 Å². The zero-order valence-electron chi connectivity index (χ0n) is 20.1. The van der Waals surface area contributed by atoms with Crippen molar-refractivity contribution < 1.29 is 32.3 Å². The van der Waals surface area contributed by atoms with E-state index in [0.717, 1.165) is 19.3 Å². The zero-order valence-corrected chi connectivity index (χ0v) is 20.9. The topological polar surface area (TPSA) is 110 Å². The van der Waals surface area contributed by atoms with Gasteiger partial charge in [-0.2, -0.15) is 4.31 Å². The van der Waals surface area contributed by atoms with Crippen LogP contribution in [0.15, 0.2) is 23.1 Å². The van der Waals surface area contributed by atoms with Crippen molar-refractivity contribution in [1.29, 1.82) is 0 Å². The third-order valence-electron chi connectivity index (χ3n) is 6.44. The smallest absolute Gasteiger partial charge is 0.339 e.